The van der Waals surface area contributed by atoms with Gasteiger partial charge in [-0.25, -0.2) is 0 Å². The lowest BCUT2D eigenvalue weighted by molar-refractivity contribution is -0.289. The summed E-state index contributed by atoms with van der Waals surface area (Å²) in [5, 5.41) is 17.4. The molecule has 1 rings (SSSR count). The number of halogens is 5. The molecule has 0 bridgehead atoms. The highest BCUT2D eigenvalue weighted by Gasteiger charge is 2.59. The summed E-state index contributed by atoms with van der Waals surface area (Å²) in [6.45, 7) is 0. The Morgan fingerprint density at radius 2 is 1.59 bits per heavy atom. The number of alkyl halides is 5. The number of anilines is 1. The van der Waals surface area contributed by atoms with Crippen LogP contribution in [0, 0.1) is 0 Å². The van der Waals surface area contributed by atoms with Crippen molar-refractivity contribution in [2.75, 3.05) is 5.73 Å². The van der Waals surface area contributed by atoms with Gasteiger partial charge in [0.15, 0.2) is 0 Å². The van der Waals surface area contributed by atoms with Crippen molar-refractivity contribution in [1.82, 2.24) is 0 Å². The van der Waals surface area contributed by atoms with E-state index in [9.17, 15) is 22.0 Å². The van der Waals surface area contributed by atoms with Gasteiger partial charge in [-0.2, -0.15) is 22.0 Å². The zero-order valence-corrected chi connectivity index (χ0v) is 8.17. The van der Waals surface area contributed by atoms with Gasteiger partial charge in [0.1, 0.15) is 0 Å². The molecule has 94 valence electrons. The van der Waals surface area contributed by atoms with Crippen LogP contribution >= 0.6 is 0 Å². The van der Waals surface area contributed by atoms with E-state index in [0.717, 1.165) is 6.07 Å². The van der Waals surface area contributed by atoms with Gasteiger partial charge in [0.05, 0.1) is 5.56 Å². The fourth-order valence-corrected chi connectivity index (χ4v) is 1.18. The SMILES string of the molecule is Nc1cc(B(O)O)ccc1C(F)(F)C(F)(F)F. The van der Waals surface area contributed by atoms with E-state index in [1.165, 1.54) is 0 Å². The molecular formula is C8H7BF5NO2. The van der Waals surface area contributed by atoms with Crippen molar-refractivity contribution >= 4 is 18.3 Å². The van der Waals surface area contributed by atoms with Crippen molar-refractivity contribution in [3.63, 3.8) is 0 Å². The highest BCUT2D eigenvalue weighted by molar-refractivity contribution is 6.58. The second kappa shape index (κ2) is 4.15. The molecular weight excluding hydrogens is 248 g/mol. The number of nitrogen functional groups attached to an aromatic ring is 1. The lowest BCUT2D eigenvalue weighted by Gasteiger charge is -2.21. The molecule has 0 heterocycles. The van der Waals surface area contributed by atoms with E-state index in [2.05, 4.69) is 0 Å². The minimum absolute atomic E-state index is 0.274. The predicted octanol–water partition coefficient (Wildman–Crippen LogP) is 0.603. The Hall–Kier alpha value is -1.35. The zero-order chi connectivity index (χ0) is 13.4. The average molecular weight is 255 g/mol. The number of hydrogen-bond acceptors (Lipinski definition) is 3. The summed E-state index contributed by atoms with van der Waals surface area (Å²) in [7, 11) is -1.99. The van der Waals surface area contributed by atoms with Crippen LogP contribution in [0.15, 0.2) is 18.2 Å². The van der Waals surface area contributed by atoms with Crippen LogP contribution in [0.3, 0.4) is 0 Å². The summed E-state index contributed by atoms with van der Waals surface area (Å²) >= 11 is 0. The predicted molar refractivity (Wildman–Crippen MR) is 50.6 cm³/mol. The molecule has 4 N–H and O–H groups in total. The van der Waals surface area contributed by atoms with E-state index >= 15 is 0 Å². The molecule has 0 spiro atoms. The Labute approximate surface area is 92.8 Å². The van der Waals surface area contributed by atoms with Crippen molar-refractivity contribution in [3.05, 3.63) is 23.8 Å². The quantitative estimate of drug-likeness (QED) is 0.412. The van der Waals surface area contributed by atoms with Crippen LogP contribution in [-0.2, 0) is 5.92 Å². The van der Waals surface area contributed by atoms with Crippen LogP contribution in [0.5, 0.6) is 0 Å². The number of rotatable bonds is 2. The third-order valence-electron chi connectivity index (χ3n) is 2.07. The molecule has 0 saturated carbocycles. The number of benzene rings is 1. The first-order valence-electron chi connectivity index (χ1n) is 4.28. The molecule has 0 fully saturated rings. The smallest absolute Gasteiger partial charge is 0.423 e. The molecule has 3 nitrogen and oxygen atoms in total. The molecule has 0 unspecified atom stereocenters. The number of nitrogens with two attached hydrogens (primary N) is 1. The molecule has 0 aliphatic carbocycles. The van der Waals surface area contributed by atoms with E-state index in [-0.39, 0.29) is 5.46 Å². The Morgan fingerprint density at radius 3 is 1.94 bits per heavy atom. The monoisotopic (exact) mass is 255 g/mol. The van der Waals surface area contributed by atoms with Crippen LogP contribution in [0.4, 0.5) is 27.6 Å². The summed E-state index contributed by atoms with van der Waals surface area (Å²) in [6.07, 6.45) is -5.76. The minimum atomic E-state index is -5.76. The van der Waals surface area contributed by atoms with Crippen LogP contribution in [0.1, 0.15) is 5.56 Å². The normalized spacial score (nSPS) is 12.6. The zero-order valence-electron chi connectivity index (χ0n) is 8.17. The van der Waals surface area contributed by atoms with Crippen molar-refractivity contribution in [2.45, 2.75) is 12.1 Å². The van der Waals surface area contributed by atoms with Gasteiger partial charge < -0.3 is 15.8 Å². The molecule has 0 aliphatic heterocycles. The van der Waals surface area contributed by atoms with Gasteiger partial charge in [0.25, 0.3) is 0 Å². The van der Waals surface area contributed by atoms with Crippen LogP contribution in [0.2, 0.25) is 0 Å². The van der Waals surface area contributed by atoms with Crippen molar-refractivity contribution in [2.24, 2.45) is 0 Å². The average Bonchev–Trinajstić information content (AvgIpc) is 2.15. The van der Waals surface area contributed by atoms with Gasteiger partial charge in [-0.15, -0.1) is 0 Å². The Kier molecular flexibility index (Phi) is 3.35. The van der Waals surface area contributed by atoms with Gasteiger partial charge in [-0.1, -0.05) is 12.1 Å². The standard InChI is InChI=1S/C8H7BF5NO2/c10-7(11,8(12,13)14)5-2-1-4(9(16)17)3-6(5)15/h1-3,16-17H,15H2. The molecule has 1 aromatic rings. The maximum atomic E-state index is 12.9. The van der Waals surface area contributed by atoms with Crippen molar-refractivity contribution in [1.29, 1.82) is 0 Å². The molecule has 0 radical (unpaired) electrons. The molecule has 0 amide bonds. The Morgan fingerprint density at radius 1 is 1.06 bits per heavy atom. The third kappa shape index (κ3) is 2.50. The van der Waals surface area contributed by atoms with Crippen LogP contribution in [0.25, 0.3) is 0 Å². The molecule has 0 aliphatic rings. The first kappa shape index (κ1) is 13.7. The maximum absolute atomic E-state index is 12.9. The third-order valence-corrected chi connectivity index (χ3v) is 2.07. The maximum Gasteiger partial charge on any atom is 0.488 e. The first-order valence-corrected chi connectivity index (χ1v) is 4.28. The fourth-order valence-electron chi connectivity index (χ4n) is 1.18. The van der Waals surface area contributed by atoms with E-state index in [1.54, 1.807) is 0 Å². The lowest BCUT2D eigenvalue weighted by Crippen LogP contribution is -2.36. The van der Waals surface area contributed by atoms with Crippen LogP contribution < -0.4 is 11.2 Å². The molecule has 0 aromatic heterocycles. The summed E-state index contributed by atoms with van der Waals surface area (Å²) in [5.74, 6) is -5.09. The summed E-state index contributed by atoms with van der Waals surface area (Å²) in [4.78, 5) is 0. The van der Waals surface area contributed by atoms with E-state index in [0.29, 0.717) is 12.1 Å². The largest absolute Gasteiger partial charge is 0.488 e. The highest BCUT2D eigenvalue weighted by atomic mass is 19.4. The highest BCUT2D eigenvalue weighted by Crippen LogP contribution is 2.45. The number of hydrogen-bond donors (Lipinski definition) is 3. The Balaban J connectivity index is 3.26. The molecule has 9 heteroatoms. The van der Waals surface area contributed by atoms with Crippen molar-refractivity contribution in [3.8, 4) is 0 Å². The lowest BCUT2D eigenvalue weighted by atomic mass is 9.79. The molecule has 1 aromatic carbocycles. The summed E-state index contributed by atoms with van der Waals surface area (Å²) in [6, 6.07) is 1.80. The minimum Gasteiger partial charge on any atom is -0.423 e. The van der Waals surface area contributed by atoms with Crippen molar-refractivity contribution < 1.29 is 32.0 Å². The summed E-state index contributed by atoms with van der Waals surface area (Å²) < 4.78 is 62.0. The van der Waals surface area contributed by atoms with Gasteiger partial charge >= 0.3 is 19.2 Å². The fraction of sp³-hybridized carbons (Fsp3) is 0.250. The Bertz CT molecular complexity index is 421. The summed E-state index contributed by atoms with van der Waals surface area (Å²) in [5.41, 5.74) is 2.48. The molecule has 17 heavy (non-hydrogen) atoms. The van der Waals surface area contributed by atoms with E-state index in [4.69, 9.17) is 15.8 Å². The van der Waals surface area contributed by atoms with Crippen LogP contribution in [-0.4, -0.2) is 23.3 Å². The van der Waals surface area contributed by atoms with E-state index in [1.807, 2.05) is 0 Å². The van der Waals surface area contributed by atoms with Gasteiger partial charge in [0, 0.05) is 5.69 Å². The van der Waals surface area contributed by atoms with Gasteiger partial charge in [-0.3, -0.25) is 0 Å². The van der Waals surface area contributed by atoms with E-state index < -0.39 is 30.5 Å². The topological polar surface area (TPSA) is 66.5 Å². The van der Waals surface area contributed by atoms with Gasteiger partial charge in [-0.05, 0) is 11.5 Å². The molecule has 0 saturated heterocycles. The second-order valence-electron chi connectivity index (χ2n) is 3.29. The van der Waals surface area contributed by atoms with Gasteiger partial charge in [0.2, 0.25) is 0 Å². The molecule has 0 atom stereocenters. The second-order valence-corrected chi connectivity index (χ2v) is 3.29. The first-order chi connectivity index (χ1) is 7.57.